The molecule has 86 valence electrons. The molecule has 0 unspecified atom stereocenters. The van der Waals surface area contributed by atoms with Gasteiger partial charge in [0.05, 0.1) is 15.1 Å². The fraction of sp³-hybridized carbons (Fsp3) is 0. The third kappa shape index (κ3) is 2.99. The van der Waals surface area contributed by atoms with Gasteiger partial charge >= 0.3 is 11.8 Å². The van der Waals surface area contributed by atoms with Crippen molar-refractivity contribution in [3.05, 3.63) is 27.2 Å². The molecule has 1 rings (SSSR count). The summed E-state index contributed by atoms with van der Waals surface area (Å²) < 4.78 is 0. The second kappa shape index (κ2) is 5.36. The van der Waals surface area contributed by atoms with Crippen molar-refractivity contribution in [1.82, 2.24) is 5.43 Å². The normalized spacial score (nSPS) is 9.75. The second-order valence-electron chi connectivity index (χ2n) is 2.68. The standard InChI is InChI=1S/C8H6Cl3N3O2/c9-4-1-3(2-5(10)6(4)11)13-7(15)8(16)14-12/h1-2H,12H2,(H,13,15)(H,14,16). The van der Waals surface area contributed by atoms with Gasteiger partial charge in [-0.2, -0.15) is 0 Å². The highest BCUT2D eigenvalue weighted by molar-refractivity contribution is 6.48. The second-order valence-corrected chi connectivity index (χ2v) is 3.87. The Kier molecular flexibility index (Phi) is 4.37. The van der Waals surface area contributed by atoms with E-state index in [1.807, 2.05) is 0 Å². The van der Waals surface area contributed by atoms with E-state index in [0.29, 0.717) is 0 Å². The first-order valence-corrected chi connectivity index (χ1v) is 5.05. The van der Waals surface area contributed by atoms with Crippen molar-refractivity contribution >= 4 is 52.3 Å². The smallest absolute Gasteiger partial charge is 0.318 e. The Morgan fingerprint density at radius 3 is 2.00 bits per heavy atom. The minimum absolute atomic E-state index is 0.164. The molecule has 16 heavy (non-hydrogen) atoms. The molecule has 0 bridgehead atoms. The quantitative estimate of drug-likeness (QED) is 0.240. The van der Waals surface area contributed by atoms with Gasteiger partial charge in [0.15, 0.2) is 0 Å². The summed E-state index contributed by atoms with van der Waals surface area (Å²) in [6, 6.07) is 2.72. The van der Waals surface area contributed by atoms with Crippen molar-refractivity contribution in [3.8, 4) is 0 Å². The number of benzene rings is 1. The molecule has 0 atom stereocenters. The van der Waals surface area contributed by atoms with Crippen LogP contribution >= 0.6 is 34.8 Å². The fourth-order valence-electron chi connectivity index (χ4n) is 0.881. The Morgan fingerprint density at radius 2 is 1.56 bits per heavy atom. The number of anilines is 1. The van der Waals surface area contributed by atoms with Crippen LogP contribution in [0.4, 0.5) is 5.69 Å². The van der Waals surface area contributed by atoms with Crippen LogP contribution in [-0.2, 0) is 9.59 Å². The monoisotopic (exact) mass is 281 g/mol. The van der Waals surface area contributed by atoms with Gasteiger partial charge in [-0.05, 0) is 12.1 Å². The van der Waals surface area contributed by atoms with Crippen LogP contribution in [0.1, 0.15) is 0 Å². The van der Waals surface area contributed by atoms with E-state index < -0.39 is 11.8 Å². The molecule has 0 radical (unpaired) electrons. The zero-order chi connectivity index (χ0) is 12.3. The third-order valence-corrected chi connectivity index (χ3v) is 2.78. The summed E-state index contributed by atoms with van der Waals surface area (Å²) >= 11 is 17.1. The molecule has 0 heterocycles. The first-order chi connectivity index (χ1) is 7.45. The molecule has 4 N–H and O–H groups in total. The van der Waals surface area contributed by atoms with Crippen LogP contribution in [0, 0.1) is 0 Å². The van der Waals surface area contributed by atoms with Crippen molar-refractivity contribution < 1.29 is 9.59 Å². The lowest BCUT2D eigenvalue weighted by Crippen LogP contribution is -2.39. The first kappa shape index (κ1) is 13.1. The highest BCUT2D eigenvalue weighted by Crippen LogP contribution is 2.32. The zero-order valence-corrected chi connectivity index (χ0v) is 9.95. The zero-order valence-electron chi connectivity index (χ0n) is 7.68. The summed E-state index contributed by atoms with van der Waals surface area (Å²) in [5, 5.41) is 2.74. The van der Waals surface area contributed by atoms with E-state index in [2.05, 4.69) is 5.32 Å². The van der Waals surface area contributed by atoms with Crippen molar-refractivity contribution in [2.24, 2.45) is 5.84 Å². The van der Waals surface area contributed by atoms with Crippen molar-refractivity contribution in [2.45, 2.75) is 0 Å². The van der Waals surface area contributed by atoms with Gasteiger partial charge in [0.1, 0.15) is 0 Å². The summed E-state index contributed by atoms with van der Waals surface area (Å²) in [4.78, 5) is 21.9. The van der Waals surface area contributed by atoms with Gasteiger partial charge in [-0.1, -0.05) is 34.8 Å². The van der Waals surface area contributed by atoms with Gasteiger partial charge < -0.3 is 5.32 Å². The van der Waals surface area contributed by atoms with E-state index in [4.69, 9.17) is 40.6 Å². The van der Waals surface area contributed by atoms with Gasteiger partial charge in [-0.15, -0.1) is 0 Å². The molecule has 0 spiro atoms. The SMILES string of the molecule is NNC(=O)C(=O)Nc1cc(Cl)c(Cl)c(Cl)c1. The minimum Gasteiger partial charge on any atom is -0.318 e. The summed E-state index contributed by atoms with van der Waals surface area (Å²) in [5.74, 6) is 2.86. The van der Waals surface area contributed by atoms with Gasteiger partial charge in [0, 0.05) is 5.69 Å². The average molecular weight is 283 g/mol. The van der Waals surface area contributed by atoms with Crippen LogP contribution in [-0.4, -0.2) is 11.8 Å². The van der Waals surface area contributed by atoms with Crippen LogP contribution in [0.2, 0.25) is 15.1 Å². The maximum atomic E-state index is 11.1. The molecule has 5 nitrogen and oxygen atoms in total. The lowest BCUT2D eigenvalue weighted by Gasteiger charge is -2.06. The van der Waals surface area contributed by atoms with E-state index in [9.17, 15) is 9.59 Å². The van der Waals surface area contributed by atoms with Crippen LogP contribution < -0.4 is 16.6 Å². The molecule has 1 aromatic carbocycles. The summed E-state index contributed by atoms with van der Waals surface area (Å²) in [5.41, 5.74) is 1.93. The van der Waals surface area contributed by atoms with E-state index in [1.54, 1.807) is 5.43 Å². The molecule has 0 aromatic heterocycles. The summed E-state index contributed by atoms with van der Waals surface area (Å²) in [6.07, 6.45) is 0. The Labute approximate surface area is 106 Å². The summed E-state index contributed by atoms with van der Waals surface area (Å²) in [6.45, 7) is 0. The molecule has 2 amide bonds. The minimum atomic E-state index is -0.984. The molecule has 1 aromatic rings. The predicted octanol–water partition coefficient (Wildman–Crippen LogP) is 1.58. The van der Waals surface area contributed by atoms with E-state index >= 15 is 0 Å². The topological polar surface area (TPSA) is 84.2 Å². The van der Waals surface area contributed by atoms with Gasteiger partial charge in [-0.25, -0.2) is 5.84 Å². The molecular weight excluding hydrogens is 276 g/mol. The highest BCUT2D eigenvalue weighted by atomic mass is 35.5. The third-order valence-electron chi connectivity index (χ3n) is 1.58. The number of halogens is 3. The van der Waals surface area contributed by atoms with Crippen molar-refractivity contribution in [1.29, 1.82) is 0 Å². The van der Waals surface area contributed by atoms with Gasteiger partial charge in [0.2, 0.25) is 0 Å². The average Bonchev–Trinajstić information content (AvgIpc) is 2.24. The van der Waals surface area contributed by atoms with E-state index in [-0.39, 0.29) is 20.8 Å². The molecule has 0 saturated carbocycles. The number of rotatable bonds is 1. The van der Waals surface area contributed by atoms with Crippen molar-refractivity contribution in [3.63, 3.8) is 0 Å². The van der Waals surface area contributed by atoms with E-state index in [1.165, 1.54) is 12.1 Å². The van der Waals surface area contributed by atoms with Crippen LogP contribution in [0.15, 0.2) is 12.1 Å². The van der Waals surface area contributed by atoms with Crippen LogP contribution in [0.25, 0.3) is 0 Å². The number of carbonyl (C=O) groups is 2. The lowest BCUT2D eigenvalue weighted by atomic mass is 10.3. The number of carbonyl (C=O) groups excluding carboxylic acids is 2. The first-order valence-electron chi connectivity index (χ1n) is 3.92. The Hall–Kier alpha value is -1.01. The van der Waals surface area contributed by atoms with Gasteiger partial charge in [-0.3, -0.25) is 15.0 Å². The number of hydrogen-bond acceptors (Lipinski definition) is 3. The summed E-state index contributed by atoms with van der Waals surface area (Å²) in [7, 11) is 0. The Morgan fingerprint density at radius 1 is 1.06 bits per heavy atom. The number of hydrazine groups is 1. The van der Waals surface area contributed by atoms with Gasteiger partial charge in [0.25, 0.3) is 0 Å². The van der Waals surface area contributed by atoms with Crippen molar-refractivity contribution in [2.75, 3.05) is 5.32 Å². The Bertz CT molecular complexity index is 427. The van der Waals surface area contributed by atoms with E-state index in [0.717, 1.165) is 0 Å². The van der Waals surface area contributed by atoms with Crippen LogP contribution in [0.3, 0.4) is 0 Å². The molecule has 0 aliphatic heterocycles. The predicted molar refractivity (Wildman–Crippen MR) is 62.4 cm³/mol. The molecule has 0 fully saturated rings. The highest BCUT2D eigenvalue weighted by Gasteiger charge is 2.13. The number of nitrogens with two attached hydrogens (primary N) is 1. The molecule has 0 aliphatic carbocycles. The molecular formula is C8H6Cl3N3O2. The lowest BCUT2D eigenvalue weighted by molar-refractivity contribution is -0.136. The number of nitrogens with one attached hydrogen (secondary N) is 2. The van der Waals surface area contributed by atoms with Crippen LogP contribution in [0.5, 0.6) is 0 Å². The molecule has 0 aliphatic rings. The largest absolute Gasteiger partial charge is 0.323 e. The fourth-order valence-corrected chi connectivity index (χ4v) is 1.48. The molecule has 8 heteroatoms. The maximum Gasteiger partial charge on any atom is 0.323 e. The molecule has 0 saturated heterocycles. The number of amides is 2. The maximum absolute atomic E-state index is 11.1. The Balaban J connectivity index is 2.91. The number of hydrogen-bond donors (Lipinski definition) is 3.